The molecule has 2 aromatic carbocycles. The lowest BCUT2D eigenvalue weighted by atomic mass is 9.87. The number of nitrogens with zero attached hydrogens (tertiary/aromatic N) is 1. The molecule has 0 fully saturated rings. The zero-order valence-corrected chi connectivity index (χ0v) is 35.3. The number of Topliss-reactive ketones (excluding diaryl/α,β-unsaturated/α-hetero) is 1. The summed E-state index contributed by atoms with van der Waals surface area (Å²) in [5.41, 5.74) is 1.23. The first kappa shape index (κ1) is 50.2. The van der Waals surface area contributed by atoms with Gasteiger partial charge in [0.05, 0.1) is 11.2 Å². The largest absolute Gasteiger partial charge is 0.390 e. The van der Waals surface area contributed by atoms with E-state index in [-0.39, 0.29) is 5.78 Å². The van der Waals surface area contributed by atoms with E-state index < -0.39 is 11.2 Å². The highest BCUT2D eigenvalue weighted by molar-refractivity contribution is 6.19. The fourth-order valence-electron chi connectivity index (χ4n) is 6.48. The van der Waals surface area contributed by atoms with Gasteiger partial charge in [0.15, 0.2) is 5.78 Å². The van der Waals surface area contributed by atoms with Crippen molar-refractivity contribution < 1.29 is 15.0 Å². The Hall–Kier alpha value is -1.76. The monoisotopic (exact) mass is 745 g/mol. The van der Waals surface area contributed by atoms with Gasteiger partial charge in [-0.25, -0.2) is 0 Å². The Kier molecular flexibility index (Phi) is 32.6. The van der Waals surface area contributed by atoms with Crippen molar-refractivity contribution in [2.24, 2.45) is 0 Å². The van der Waals surface area contributed by atoms with Crippen molar-refractivity contribution in [3.8, 4) is 0 Å². The van der Waals surface area contributed by atoms with E-state index in [0.29, 0.717) is 12.3 Å². The maximum atomic E-state index is 11.2. The second kappa shape index (κ2) is 33.8. The van der Waals surface area contributed by atoms with Crippen molar-refractivity contribution >= 4 is 17.4 Å². The summed E-state index contributed by atoms with van der Waals surface area (Å²) in [6, 6.07) is 19.9. The van der Waals surface area contributed by atoms with E-state index in [1.807, 2.05) is 18.2 Å². The van der Waals surface area contributed by atoms with Crippen LogP contribution < -0.4 is 5.32 Å². The fourth-order valence-corrected chi connectivity index (χ4v) is 6.65. The predicted octanol–water partition coefficient (Wildman–Crippen LogP) is 12.2. The molecule has 6 heteroatoms. The molecule has 300 valence electrons. The van der Waals surface area contributed by atoms with E-state index in [4.69, 9.17) is 11.6 Å². The molecule has 0 aromatic heterocycles. The Morgan fingerprint density at radius 2 is 1.08 bits per heavy atom. The minimum absolute atomic E-state index is 0.112. The first-order valence-corrected chi connectivity index (χ1v) is 21.8. The number of hydrogen-bond donors (Lipinski definition) is 3. The first-order chi connectivity index (χ1) is 25.2. The van der Waals surface area contributed by atoms with Crippen LogP contribution in [0.5, 0.6) is 0 Å². The Morgan fingerprint density at radius 3 is 1.48 bits per heavy atom. The van der Waals surface area contributed by atoms with Crippen molar-refractivity contribution in [2.75, 3.05) is 32.1 Å². The second-order valence-corrected chi connectivity index (χ2v) is 15.1. The molecule has 0 unspecified atom stereocenters. The standard InChI is InChI=1S/C22H39NO.C15H33NO.C9H9ClO/c1-4-7-12-16-22(24,17-13-8-5-2)18-19-23(6-3)20-21-14-10-9-11-15-21;1-4-7-9-11-15(17,12-10-8-5-2)13-14-16-6-3;10-7-6-9(11)8-4-2-1-3-5-8/h9-11,14-15,24H,4-8,12-13,16-20H2,1-3H3;16-17H,4-14H2,1-3H3;1-5H,6-7H2. The zero-order chi connectivity index (χ0) is 38.8. The number of nitrogens with one attached hydrogen (secondary N) is 1. The van der Waals surface area contributed by atoms with Crippen LogP contribution in [0, 0.1) is 0 Å². The van der Waals surface area contributed by atoms with Gasteiger partial charge in [-0.3, -0.25) is 9.69 Å². The maximum absolute atomic E-state index is 11.2. The minimum atomic E-state index is -0.464. The molecular formula is C46H81ClN2O3. The number of halogens is 1. The maximum Gasteiger partial charge on any atom is 0.164 e. The fraction of sp³-hybridized carbons (Fsp3) is 0.717. The van der Waals surface area contributed by atoms with Crippen LogP contribution in [0.3, 0.4) is 0 Å². The van der Waals surface area contributed by atoms with E-state index >= 15 is 0 Å². The van der Waals surface area contributed by atoms with Crippen LogP contribution in [0.2, 0.25) is 0 Å². The molecule has 0 aliphatic carbocycles. The Morgan fingerprint density at radius 1 is 0.635 bits per heavy atom. The average Bonchev–Trinajstić information content (AvgIpc) is 3.15. The number of ketones is 1. The Bertz CT molecular complexity index is 1020. The van der Waals surface area contributed by atoms with Gasteiger partial charge in [-0.15, -0.1) is 11.6 Å². The van der Waals surface area contributed by atoms with Crippen LogP contribution in [-0.4, -0.2) is 64.2 Å². The van der Waals surface area contributed by atoms with Gasteiger partial charge in [0.2, 0.25) is 0 Å². The summed E-state index contributed by atoms with van der Waals surface area (Å²) in [4.78, 5) is 13.6. The van der Waals surface area contributed by atoms with Crippen molar-refractivity contribution in [3.05, 3.63) is 71.8 Å². The van der Waals surface area contributed by atoms with E-state index in [0.717, 1.165) is 89.7 Å². The molecule has 0 amide bonds. The molecule has 0 atom stereocenters. The summed E-state index contributed by atoms with van der Waals surface area (Å²) < 4.78 is 0. The van der Waals surface area contributed by atoms with Crippen molar-refractivity contribution in [3.63, 3.8) is 0 Å². The summed E-state index contributed by atoms with van der Waals surface area (Å²) in [6.07, 6.45) is 20.7. The lowest BCUT2D eigenvalue weighted by Gasteiger charge is -2.31. The molecule has 0 bridgehead atoms. The normalized spacial score (nSPS) is 11.5. The molecule has 52 heavy (non-hydrogen) atoms. The van der Waals surface area contributed by atoms with Gasteiger partial charge in [-0.05, 0) is 63.7 Å². The van der Waals surface area contributed by atoms with Crippen molar-refractivity contribution in [1.82, 2.24) is 10.2 Å². The van der Waals surface area contributed by atoms with Crippen LogP contribution in [0.15, 0.2) is 60.7 Å². The van der Waals surface area contributed by atoms with Gasteiger partial charge < -0.3 is 15.5 Å². The van der Waals surface area contributed by atoms with Gasteiger partial charge >= 0.3 is 0 Å². The first-order valence-electron chi connectivity index (χ1n) is 21.2. The zero-order valence-electron chi connectivity index (χ0n) is 34.6. The van der Waals surface area contributed by atoms with E-state index in [1.54, 1.807) is 12.1 Å². The third-order valence-corrected chi connectivity index (χ3v) is 10.2. The molecule has 0 saturated heterocycles. The van der Waals surface area contributed by atoms with Gasteiger partial charge in [0, 0.05) is 31.0 Å². The summed E-state index contributed by atoms with van der Waals surface area (Å²) in [7, 11) is 0. The second-order valence-electron chi connectivity index (χ2n) is 14.7. The number of carbonyl (C=O) groups excluding carboxylic acids is 1. The molecule has 0 radical (unpaired) electrons. The molecular weight excluding hydrogens is 664 g/mol. The Balaban J connectivity index is 0.000000807. The van der Waals surface area contributed by atoms with Crippen molar-refractivity contribution in [1.29, 1.82) is 0 Å². The summed E-state index contributed by atoms with van der Waals surface area (Å²) >= 11 is 5.43. The lowest BCUT2D eigenvalue weighted by Crippen LogP contribution is -2.35. The molecule has 5 nitrogen and oxygen atoms in total. The molecule has 0 spiro atoms. The van der Waals surface area contributed by atoms with Gasteiger partial charge in [0.25, 0.3) is 0 Å². The van der Waals surface area contributed by atoms with Crippen LogP contribution >= 0.6 is 11.6 Å². The molecule has 0 saturated carbocycles. The third-order valence-electron chi connectivity index (χ3n) is 10.0. The molecule has 0 aliphatic rings. The van der Waals surface area contributed by atoms with Crippen LogP contribution in [0.25, 0.3) is 0 Å². The summed E-state index contributed by atoms with van der Waals surface area (Å²) in [6.45, 7) is 18.2. The summed E-state index contributed by atoms with van der Waals surface area (Å²) in [5.74, 6) is 0.508. The van der Waals surface area contributed by atoms with E-state index in [1.165, 1.54) is 69.8 Å². The topological polar surface area (TPSA) is 72.8 Å². The summed E-state index contributed by atoms with van der Waals surface area (Å²) in [5, 5.41) is 25.1. The highest BCUT2D eigenvalue weighted by Gasteiger charge is 2.27. The molecule has 0 aliphatic heterocycles. The molecule has 3 N–H and O–H groups in total. The number of rotatable bonds is 29. The average molecular weight is 746 g/mol. The van der Waals surface area contributed by atoms with E-state index in [2.05, 4.69) is 82.1 Å². The number of unbranched alkanes of at least 4 members (excludes halogenated alkanes) is 8. The van der Waals surface area contributed by atoms with Crippen LogP contribution in [-0.2, 0) is 6.54 Å². The van der Waals surface area contributed by atoms with E-state index in [9.17, 15) is 15.0 Å². The molecule has 0 heterocycles. The number of carbonyl (C=O) groups is 1. The van der Waals surface area contributed by atoms with Crippen LogP contribution in [0.4, 0.5) is 0 Å². The van der Waals surface area contributed by atoms with Crippen LogP contribution in [0.1, 0.15) is 179 Å². The van der Waals surface area contributed by atoms with Gasteiger partial charge in [-0.2, -0.15) is 0 Å². The molecule has 2 rings (SSSR count). The third kappa shape index (κ3) is 26.9. The highest BCUT2D eigenvalue weighted by Crippen LogP contribution is 2.27. The number of hydrogen-bond acceptors (Lipinski definition) is 5. The molecule has 2 aromatic rings. The number of benzene rings is 2. The van der Waals surface area contributed by atoms with Gasteiger partial charge in [-0.1, -0.05) is 179 Å². The number of alkyl halides is 1. The minimum Gasteiger partial charge on any atom is -0.390 e. The van der Waals surface area contributed by atoms with Gasteiger partial charge in [0.1, 0.15) is 0 Å². The SMILES string of the molecule is CCCCCC(O)(CCCCC)CCN(CC)Cc1ccccc1.CCCCCC(O)(CCCCC)CCNCC.O=C(CCCl)c1ccccc1. The van der Waals surface area contributed by atoms with Crippen molar-refractivity contribution in [2.45, 2.75) is 181 Å². The quantitative estimate of drug-likeness (QED) is 0.0439. The Labute approximate surface area is 326 Å². The predicted molar refractivity (Wildman–Crippen MR) is 228 cm³/mol. The number of aliphatic hydroxyl groups is 2. The highest BCUT2D eigenvalue weighted by atomic mass is 35.5. The lowest BCUT2D eigenvalue weighted by molar-refractivity contribution is 0.000658. The smallest absolute Gasteiger partial charge is 0.164 e.